The minimum atomic E-state index is -0.170. The van der Waals surface area contributed by atoms with E-state index >= 15 is 0 Å². The van der Waals surface area contributed by atoms with Crippen LogP contribution < -0.4 is 30.5 Å². The molecule has 310 valence electrons. The highest BCUT2D eigenvalue weighted by molar-refractivity contribution is 6.05. The standard InChI is InChI=1S/C45H55N9O4.3H2/c1-28-21-35(48-43-29(2)20-33-12-14-53(27-38(33)49-43)39-24-47-45-42(30(39)3)46-13-19-58-45)8-6-32(28)23-41(56)54-25-37(26-54)52-17-15-51(16-18-52)36-9-4-31(5-10-36)22-34-7-11-40(55)50-44(34)57;;;/h4-6,8-10,20-21,24,29,34,37,43,46,48H,7,11-19,22-23,25-27H2,1-3H3,(H,50,55,57);3*1H. The van der Waals surface area contributed by atoms with Crippen LogP contribution in [0, 0.1) is 25.7 Å². The first-order chi connectivity index (χ1) is 28.1. The average Bonchev–Trinajstić information content (AvgIpc) is 3.20. The van der Waals surface area contributed by atoms with Gasteiger partial charge in [-0.3, -0.25) is 29.6 Å². The fourth-order valence-electron chi connectivity index (χ4n) is 9.38. The minimum Gasteiger partial charge on any atom is -0.474 e. The number of aromatic nitrogens is 1. The van der Waals surface area contributed by atoms with Crippen LogP contribution in [0.1, 0.15) is 52.7 Å². The monoisotopic (exact) mass is 791 g/mol. The summed E-state index contributed by atoms with van der Waals surface area (Å²) in [6.07, 6.45) is 7.32. The van der Waals surface area contributed by atoms with Crippen LogP contribution in [0.5, 0.6) is 5.88 Å². The number of carbonyl (C=O) groups excluding carboxylic acids is 3. The third-order valence-electron chi connectivity index (χ3n) is 13.1. The van der Waals surface area contributed by atoms with E-state index in [1.807, 2.05) is 11.1 Å². The summed E-state index contributed by atoms with van der Waals surface area (Å²) >= 11 is 0. The smallest absolute Gasteiger partial charge is 0.237 e. The number of dihydropyridines is 1. The second-order valence-corrected chi connectivity index (χ2v) is 16.9. The molecule has 6 aliphatic rings. The predicted octanol–water partition coefficient (Wildman–Crippen LogP) is 5.08. The van der Waals surface area contributed by atoms with E-state index in [2.05, 4.69) is 105 Å². The van der Waals surface area contributed by atoms with E-state index in [4.69, 9.17) is 9.73 Å². The SMILES string of the molecule is Cc1cc(NC2N=C3CN(c4cnc5c(c4C)NCCO5)CCC3=CC2C)ccc1CC(=O)N1CC(N2CCN(c3ccc(CC4CCC(=O)NC4=O)cc3)CC2)C1.[HH].[HH].[HH]. The molecule has 0 saturated carbocycles. The van der Waals surface area contributed by atoms with E-state index in [0.717, 1.165) is 105 Å². The Bertz CT molecular complexity index is 2150. The summed E-state index contributed by atoms with van der Waals surface area (Å²) in [5.41, 5.74) is 11.3. The normalized spacial score (nSPS) is 23.7. The van der Waals surface area contributed by atoms with Gasteiger partial charge in [-0.15, -0.1) is 0 Å². The lowest BCUT2D eigenvalue weighted by Crippen LogP contribution is -2.64. The lowest BCUT2D eigenvalue weighted by atomic mass is 9.91. The maximum absolute atomic E-state index is 13.4. The highest BCUT2D eigenvalue weighted by atomic mass is 16.5. The Morgan fingerprint density at radius 1 is 1.00 bits per heavy atom. The number of aliphatic imine (C=N–C) groups is 1. The van der Waals surface area contributed by atoms with Crippen molar-refractivity contribution in [2.24, 2.45) is 16.8 Å². The zero-order valence-corrected chi connectivity index (χ0v) is 33.9. The first kappa shape index (κ1) is 38.1. The zero-order valence-electron chi connectivity index (χ0n) is 33.9. The van der Waals surface area contributed by atoms with E-state index in [9.17, 15) is 14.4 Å². The molecule has 2 aromatic carbocycles. The Labute approximate surface area is 345 Å². The summed E-state index contributed by atoms with van der Waals surface area (Å²) < 4.78 is 5.76. The quantitative estimate of drug-likeness (QED) is 0.252. The molecule has 3 atom stereocenters. The van der Waals surface area contributed by atoms with E-state index in [-0.39, 0.29) is 40.0 Å². The number of aryl methyl sites for hydroxylation is 1. The number of piperidine rings is 2. The first-order valence-electron chi connectivity index (χ1n) is 21.1. The van der Waals surface area contributed by atoms with Gasteiger partial charge in [-0.05, 0) is 79.6 Å². The molecule has 6 aliphatic heterocycles. The van der Waals surface area contributed by atoms with Crippen LogP contribution in [0.4, 0.5) is 22.7 Å². The molecule has 0 aliphatic carbocycles. The van der Waals surface area contributed by atoms with Crippen molar-refractivity contribution in [2.45, 2.75) is 65.1 Å². The molecule has 4 fully saturated rings. The zero-order chi connectivity index (χ0) is 39.9. The molecule has 3 N–H and O–H groups in total. The maximum Gasteiger partial charge on any atom is 0.237 e. The second-order valence-electron chi connectivity index (χ2n) is 16.9. The van der Waals surface area contributed by atoms with Crippen LogP contribution in [0.2, 0.25) is 0 Å². The number of hydrogen-bond donors (Lipinski definition) is 3. The van der Waals surface area contributed by atoms with Crippen LogP contribution >= 0.6 is 0 Å². The summed E-state index contributed by atoms with van der Waals surface area (Å²) in [6, 6.07) is 15.3. The molecule has 3 aromatic rings. The third kappa shape index (κ3) is 7.88. The molecular formula is C45H61N9O4. The third-order valence-corrected chi connectivity index (χ3v) is 13.1. The Balaban J connectivity index is 0.00000207. The van der Waals surface area contributed by atoms with Gasteiger partial charge in [0.25, 0.3) is 0 Å². The fraction of sp³-hybridized carbons (Fsp3) is 0.489. The highest BCUT2D eigenvalue weighted by Crippen LogP contribution is 2.37. The summed E-state index contributed by atoms with van der Waals surface area (Å²) in [7, 11) is 0. The number of pyridine rings is 1. The Hall–Kier alpha value is -5.43. The van der Waals surface area contributed by atoms with Gasteiger partial charge in [-0.2, -0.15) is 0 Å². The number of carbonyl (C=O) groups is 3. The second kappa shape index (κ2) is 16.1. The summed E-state index contributed by atoms with van der Waals surface area (Å²) in [4.78, 5) is 56.3. The van der Waals surface area contributed by atoms with Gasteiger partial charge in [0.05, 0.1) is 30.6 Å². The number of benzene rings is 2. The van der Waals surface area contributed by atoms with E-state index in [0.29, 0.717) is 44.2 Å². The molecule has 4 saturated heterocycles. The van der Waals surface area contributed by atoms with Crippen molar-refractivity contribution in [2.75, 3.05) is 85.9 Å². The Kier molecular flexibility index (Phi) is 10.6. The molecule has 9 rings (SSSR count). The van der Waals surface area contributed by atoms with Crippen molar-refractivity contribution < 1.29 is 23.4 Å². The van der Waals surface area contributed by atoms with Gasteiger partial charge in [-0.1, -0.05) is 31.2 Å². The average molecular weight is 792 g/mol. The Morgan fingerprint density at radius 3 is 2.59 bits per heavy atom. The molecule has 3 amide bonds. The molecule has 58 heavy (non-hydrogen) atoms. The molecule has 0 spiro atoms. The fourth-order valence-corrected chi connectivity index (χ4v) is 9.38. The van der Waals surface area contributed by atoms with E-state index in [1.165, 1.54) is 16.8 Å². The maximum atomic E-state index is 13.4. The van der Waals surface area contributed by atoms with Crippen LogP contribution in [0.15, 0.2) is 65.3 Å². The number of rotatable bonds is 9. The van der Waals surface area contributed by atoms with Crippen LogP contribution in [0.25, 0.3) is 0 Å². The molecule has 0 radical (unpaired) electrons. The molecular weight excluding hydrogens is 731 g/mol. The number of piperazine rings is 1. The molecule has 3 unspecified atom stereocenters. The summed E-state index contributed by atoms with van der Waals surface area (Å²) in [5.74, 6) is 0.672. The topological polar surface area (TPSA) is 135 Å². The van der Waals surface area contributed by atoms with Gasteiger partial charge >= 0.3 is 0 Å². The van der Waals surface area contributed by atoms with Crippen LogP contribution in [0.3, 0.4) is 0 Å². The lowest BCUT2D eigenvalue weighted by Gasteiger charge is -2.48. The van der Waals surface area contributed by atoms with Gasteiger partial charge in [0.15, 0.2) is 0 Å². The van der Waals surface area contributed by atoms with Crippen molar-refractivity contribution in [3.63, 3.8) is 0 Å². The molecule has 7 heterocycles. The van der Waals surface area contributed by atoms with Crippen molar-refractivity contribution in [3.05, 3.63) is 82.6 Å². The van der Waals surface area contributed by atoms with Gasteiger partial charge in [0, 0.05) is 97.9 Å². The van der Waals surface area contributed by atoms with E-state index in [1.54, 1.807) is 0 Å². The Morgan fingerprint density at radius 2 is 1.81 bits per heavy atom. The number of amides is 3. The highest BCUT2D eigenvalue weighted by Gasteiger charge is 2.36. The van der Waals surface area contributed by atoms with Gasteiger partial charge in [0.2, 0.25) is 23.6 Å². The predicted molar refractivity (Wildman–Crippen MR) is 233 cm³/mol. The van der Waals surface area contributed by atoms with Crippen LogP contribution in [-0.4, -0.2) is 116 Å². The largest absolute Gasteiger partial charge is 0.474 e. The van der Waals surface area contributed by atoms with Gasteiger partial charge in [0.1, 0.15) is 18.5 Å². The van der Waals surface area contributed by atoms with E-state index < -0.39 is 0 Å². The number of imide groups is 1. The van der Waals surface area contributed by atoms with Gasteiger partial charge < -0.3 is 30.1 Å². The minimum absolute atomic E-state index is 0. The number of anilines is 4. The number of hydrogen-bond acceptors (Lipinski definition) is 11. The molecule has 13 heteroatoms. The van der Waals surface area contributed by atoms with Crippen molar-refractivity contribution >= 4 is 46.2 Å². The molecule has 13 nitrogen and oxygen atoms in total. The number of nitrogens with zero attached hydrogens (tertiary/aromatic N) is 6. The summed E-state index contributed by atoms with van der Waals surface area (Å²) in [6.45, 7) is 15.0. The van der Waals surface area contributed by atoms with Crippen molar-refractivity contribution in [3.8, 4) is 5.88 Å². The molecule has 0 bridgehead atoms. The van der Waals surface area contributed by atoms with Crippen LogP contribution in [-0.2, 0) is 27.2 Å². The number of ether oxygens (including phenoxy) is 1. The van der Waals surface area contributed by atoms with Gasteiger partial charge in [-0.25, -0.2) is 4.98 Å². The molecule has 1 aromatic heterocycles. The number of likely N-dealkylation sites (tertiary alicyclic amines) is 1. The first-order valence-corrected chi connectivity index (χ1v) is 21.1. The van der Waals surface area contributed by atoms with Crippen molar-refractivity contribution in [1.82, 2.24) is 20.1 Å². The number of fused-ring (bicyclic) bond motifs is 2. The number of nitrogens with one attached hydrogen (secondary N) is 3. The van der Waals surface area contributed by atoms with Crippen molar-refractivity contribution in [1.29, 1.82) is 0 Å². The summed E-state index contributed by atoms with van der Waals surface area (Å²) in [5, 5.41) is 9.62. The lowest BCUT2D eigenvalue weighted by molar-refractivity contribution is -0.138.